The van der Waals surface area contributed by atoms with E-state index in [1.165, 1.54) is 12.1 Å². The fourth-order valence-electron chi connectivity index (χ4n) is 2.60. The lowest BCUT2D eigenvalue weighted by atomic mass is 10.1. The Morgan fingerprint density at radius 2 is 1.88 bits per heavy atom. The smallest absolute Gasteiger partial charge is 0.257 e. The summed E-state index contributed by atoms with van der Waals surface area (Å²) < 4.78 is 19.0. The van der Waals surface area contributed by atoms with E-state index in [1.54, 1.807) is 30.3 Å². The largest absolute Gasteiger partial charge is 0.378 e. The second-order valence-corrected chi connectivity index (χ2v) is 5.40. The van der Waals surface area contributed by atoms with Crippen LogP contribution in [0.4, 0.5) is 15.8 Å². The number of hydrogen-bond acceptors (Lipinski definition) is 4. The van der Waals surface area contributed by atoms with E-state index in [0.29, 0.717) is 43.2 Å². The van der Waals surface area contributed by atoms with Crippen molar-refractivity contribution in [3.05, 3.63) is 59.4 Å². The summed E-state index contributed by atoms with van der Waals surface area (Å²) >= 11 is 0. The highest BCUT2D eigenvalue weighted by molar-refractivity contribution is 6.08. The quantitative estimate of drug-likeness (QED) is 0.942. The second-order valence-electron chi connectivity index (χ2n) is 5.40. The summed E-state index contributed by atoms with van der Waals surface area (Å²) in [5.41, 5.74) is 2.02. The van der Waals surface area contributed by atoms with Crippen molar-refractivity contribution >= 4 is 17.3 Å². The van der Waals surface area contributed by atoms with Crippen LogP contribution < -0.4 is 10.2 Å². The molecule has 0 atom stereocenters. The molecule has 1 saturated heterocycles. The molecule has 0 spiro atoms. The van der Waals surface area contributed by atoms with Gasteiger partial charge in [-0.2, -0.15) is 5.26 Å². The van der Waals surface area contributed by atoms with Crippen LogP contribution in [0.5, 0.6) is 0 Å². The molecule has 0 radical (unpaired) electrons. The topological polar surface area (TPSA) is 65.4 Å². The zero-order chi connectivity index (χ0) is 16.9. The van der Waals surface area contributed by atoms with Crippen molar-refractivity contribution < 1.29 is 13.9 Å². The lowest BCUT2D eigenvalue weighted by molar-refractivity contribution is 0.102. The number of benzene rings is 2. The summed E-state index contributed by atoms with van der Waals surface area (Å²) in [5.74, 6) is -0.849. The monoisotopic (exact) mass is 325 g/mol. The number of amides is 1. The van der Waals surface area contributed by atoms with Gasteiger partial charge in [0, 0.05) is 24.5 Å². The third-order valence-corrected chi connectivity index (χ3v) is 3.83. The van der Waals surface area contributed by atoms with Crippen LogP contribution in [0.1, 0.15) is 15.9 Å². The van der Waals surface area contributed by atoms with E-state index in [1.807, 2.05) is 11.0 Å². The van der Waals surface area contributed by atoms with Gasteiger partial charge >= 0.3 is 0 Å². The molecule has 1 amide bonds. The van der Waals surface area contributed by atoms with Crippen LogP contribution in [0.3, 0.4) is 0 Å². The molecule has 24 heavy (non-hydrogen) atoms. The van der Waals surface area contributed by atoms with Crippen LogP contribution in [-0.4, -0.2) is 32.2 Å². The maximum absolute atomic E-state index is 13.7. The van der Waals surface area contributed by atoms with Gasteiger partial charge in [-0.15, -0.1) is 0 Å². The van der Waals surface area contributed by atoms with Crippen molar-refractivity contribution in [3.63, 3.8) is 0 Å². The summed E-state index contributed by atoms with van der Waals surface area (Å²) in [6, 6.07) is 12.7. The van der Waals surface area contributed by atoms with Crippen molar-refractivity contribution in [3.8, 4) is 6.07 Å². The van der Waals surface area contributed by atoms with Gasteiger partial charge in [-0.05, 0) is 42.5 Å². The molecule has 0 bridgehead atoms. The zero-order valence-corrected chi connectivity index (χ0v) is 13.0. The van der Waals surface area contributed by atoms with Crippen molar-refractivity contribution in [2.24, 2.45) is 0 Å². The van der Waals surface area contributed by atoms with Gasteiger partial charge < -0.3 is 15.0 Å². The van der Waals surface area contributed by atoms with E-state index in [0.717, 1.165) is 0 Å². The summed E-state index contributed by atoms with van der Waals surface area (Å²) in [5, 5.41) is 11.5. The lowest BCUT2D eigenvalue weighted by Crippen LogP contribution is -2.37. The minimum Gasteiger partial charge on any atom is -0.378 e. The van der Waals surface area contributed by atoms with Gasteiger partial charge in [-0.1, -0.05) is 0 Å². The Kier molecular flexibility index (Phi) is 4.73. The number of hydrogen-bond donors (Lipinski definition) is 1. The van der Waals surface area contributed by atoms with E-state index in [-0.39, 0.29) is 11.5 Å². The Morgan fingerprint density at radius 1 is 1.17 bits per heavy atom. The summed E-state index contributed by atoms with van der Waals surface area (Å²) in [7, 11) is 0. The Morgan fingerprint density at radius 3 is 2.54 bits per heavy atom. The Bertz CT molecular complexity index is 778. The average Bonchev–Trinajstić information content (AvgIpc) is 2.63. The summed E-state index contributed by atoms with van der Waals surface area (Å²) in [6.07, 6.45) is 0. The molecule has 2 aromatic rings. The number of nitriles is 1. The first kappa shape index (κ1) is 16.0. The van der Waals surface area contributed by atoms with Gasteiger partial charge in [0.05, 0.1) is 30.4 Å². The molecule has 1 N–H and O–H groups in total. The number of anilines is 2. The SMILES string of the molecule is N#Cc1ccc(NC(=O)c2cc(F)ccc2N2CCOCC2)cc1. The highest BCUT2D eigenvalue weighted by Crippen LogP contribution is 2.24. The van der Waals surface area contributed by atoms with Gasteiger partial charge in [-0.25, -0.2) is 4.39 Å². The molecule has 6 heteroatoms. The van der Waals surface area contributed by atoms with Crippen molar-refractivity contribution in [2.75, 3.05) is 36.5 Å². The number of rotatable bonds is 3. The molecule has 1 heterocycles. The third-order valence-electron chi connectivity index (χ3n) is 3.83. The number of carbonyl (C=O) groups is 1. The Balaban J connectivity index is 1.85. The molecular weight excluding hydrogens is 309 g/mol. The van der Waals surface area contributed by atoms with Crippen LogP contribution in [0, 0.1) is 17.1 Å². The van der Waals surface area contributed by atoms with E-state index in [2.05, 4.69) is 5.32 Å². The molecule has 0 aliphatic carbocycles. The molecule has 0 saturated carbocycles. The molecule has 1 aliphatic rings. The molecule has 1 fully saturated rings. The van der Waals surface area contributed by atoms with E-state index in [9.17, 15) is 9.18 Å². The van der Waals surface area contributed by atoms with Crippen molar-refractivity contribution in [1.82, 2.24) is 0 Å². The molecule has 1 aliphatic heterocycles. The number of nitrogens with zero attached hydrogens (tertiary/aromatic N) is 2. The molecule has 0 aromatic heterocycles. The number of carbonyl (C=O) groups excluding carboxylic acids is 1. The second kappa shape index (κ2) is 7.11. The summed E-state index contributed by atoms with van der Waals surface area (Å²) in [4.78, 5) is 14.6. The van der Waals surface area contributed by atoms with E-state index < -0.39 is 5.82 Å². The number of halogens is 1. The maximum Gasteiger partial charge on any atom is 0.257 e. The van der Waals surface area contributed by atoms with Crippen molar-refractivity contribution in [2.45, 2.75) is 0 Å². The minimum absolute atomic E-state index is 0.279. The average molecular weight is 325 g/mol. The van der Waals surface area contributed by atoms with Crippen LogP contribution >= 0.6 is 0 Å². The Hall–Kier alpha value is -2.91. The fraction of sp³-hybridized carbons (Fsp3) is 0.222. The van der Waals surface area contributed by atoms with Gasteiger partial charge in [0.15, 0.2) is 0 Å². The van der Waals surface area contributed by atoms with E-state index >= 15 is 0 Å². The predicted octanol–water partition coefficient (Wildman–Crippen LogP) is 2.79. The first-order valence-corrected chi connectivity index (χ1v) is 7.61. The van der Waals surface area contributed by atoms with Gasteiger partial charge in [-0.3, -0.25) is 4.79 Å². The normalized spacial score (nSPS) is 14.1. The third kappa shape index (κ3) is 3.53. The molecule has 2 aromatic carbocycles. The van der Waals surface area contributed by atoms with Crippen LogP contribution in [0.25, 0.3) is 0 Å². The maximum atomic E-state index is 13.7. The highest BCUT2D eigenvalue weighted by atomic mass is 19.1. The number of morpholine rings is 1. The zero-order valence-electron chi connectivity index (χ0n) is 13.0. The fourth-order valence-corrected chi connectivity index (χ4v) is 2.60. The van der Waals surface area contributed by atoms with Crippen LogP contribution in [0.15, 0.2) is 42.5 Å². The Labute approximate surface area is 139 Å². The van der Waals surface area contributed by atoms with Gasteiger partial charge in [0.2, 0.25) is 0 Å². The number of ether oxygens (including phenoxy) is 1. The summed E-state index contributed by atoms with van der Waals surface area (Å²) in [6.45, 7) is 2.47. The lowest BCUT2D eigenvalue weighted by Gasteiger charge is -2.30. The predicted molar refractivity (Wildman–Crippen MR) is 88.5 cm³/mol. The van der Waals surface area contributed by atoms with E-state index in [4.69, 9.17) is 10.00 Å². The molecule has 3 rings (SSSR count). The van der Waals surface area contributed by atoms with Gasteiger partial charge in [0.1, 0.15) is 5.82 Å². The van der Waals surface area contributed by atoms with Crippen LogP contribution in [0.2, 0.25) is 0 Å². The van der Waals surface area contributed by atoms with Crippen molar-refractivity contribution in [1.29, 1.82) is 5.26 Å². The van der Waals surface area contributed by atoms with Crippen LogP contribution in [-0.2, 0) is 4.74 Å². The van der Waals surface area contributed by atoms with Gasteiger partial charge in [0.25, 0.3) is 5.91 Å². The first-order valence-electron chi connectivity index (χ1n) is 7.61. The molecular formula is C18H16FN3O2. The number of nitrogens with one attached hydrogen (secondary N) is 1. The minimum atomic E-state index is -0.461. The molecule has 5 nitrogen and oxygen atoms in total. The first-order chi connectivity index (χ1) is 11.7. The molecule has 122 valence electrons. The molecule has 0 unspecified atom stereocenters. The highest BCUT2D eigenvalue weighted by Gasteiger charge is 2.19. The standard InChI is InChI=1S/C18H16FN3O2/c19-14-3-6-17(22-7-9-24-10-8-22)16(11-14)18(23)21-15-4-1-13(12-20)2-5-15/h1-6,11H,7-10H2,(H,21,23).